The zero-order chi connectivity index (χ0) is 31.3. The van der Waals surface area contributed by atoms with Crippen LogP contribution in [0, 0.1) is 12.8 Å². The van der Waals surface area contributed by atoms with Crippen molar-refractivity contribution in [3.63, 3.8) is 0 Å². The molecule has 1 aliphatic carbocycles. The van der Waals surface area contributed by atoms with E-state index >= 15 is 0 Å². The highest BCUT2D eigenvalue weighted by atomic mass is 14.9. The van der Waals surface area contributed by atoms with Crippen LogP contribution < -0.4 is 5.32 Å². The molecule has 0 heterocycles. The van der Waals surface area contributed by atoms with Gasteiger partial charge in [0.15, 0.2) is 0 Å². The van der Waals surface area contributed by atoms with E-state index in [1.54, 1.807) is 0 Å². The van der Waals surface area contributed by atoms with E-state index in [0.717, 1.165) is 12.1 Å². The van der Waals surface area contributed by atoms with Crippen LogP contribution in [-0.2, 0) is 6.42 Å². The second kappa shape index (κ2) is 13.3. The van der Waals surface area contributed by atoms with Gasteiger partial charge < -0.3 is 5.32 Å². The van der Waals surface area contributed by atoms with E-state index in [-0.39, 0.29) is 6.04 Å². The van der Waals surface area contributed by atoms with Gasteiger partial charge in [-0.3, -0.25) is 0 Å². The van der Waals surface area contributed by atoms with Crippen molar-refractivity contribution in [3.8, 4) is 11.1 Å². The highest BCUT2D eigenvalue weighted by molar-refractivity contribution is 5.86. The van der Waals surface area contributed by atoms with E-state index in [1.807, 2.05) is 0 Å². The number of nitrogens with one attached hydrogen (secondary N) is 1. The molecule has 6 aromatic carbocycles. The quantitative estimate of drug-likeness (QED) is 0.185. The minimum Gasteiger partial charge on any atom is -0.374 e. The third-order valence-electron chi connectivity index (χ3n) is 9.10. The standard InChI is InChI=1S/C45H39N/c1-32-20-27-43(46-45(37-13-5-3-6-14-37)38-15-7-4-8-16-38)31-42(28-32)41-18-11-17-40(30-41)35-23-21-34(22-24-35)29-39-26-25-36-12-9-10-19-44(36)33(39)2/h3-28,30-32,45-46H,29H2,1-2H3. The number of fused-ring (bicyclic) bond motifs is 1. The Labute approximate surface area is 273 Å². The monoisotopic (exact) mass is 593 g/mol. The molecule has 0 aromatic heterocycles. The average molecular weight is 594 g/mol. The number of hydrogen-bond acceptors (Lipinski definition) is 1. The van der Waals surface area contributed by atoms with Gasteiger partial charge in [0.1, 0.15) is 0 Å². The summed E-state index contributed by atoms with van der Waals surface area (Å²) in [6, 6.07) is 52.7. The van der Waals surface area contributed by atoms with E-state index in [1.165, 1.54) is 60.9 Å². The average Bonchev–Trinajstić information content (AvgIpc) is 3.30. The Bertz CT molecular complexity index is 2010. The SMILES string of the molecule is Cc1c(Cc2ccc(-c3cccc(C4=CC(C)C=CC(NC(c5ccccc5)c5ccccc5)=C4)c3)cc2)ccc2ccccc12. The molecule has 0 radical (unpaired) electrons. The van der Waals surface area contributed by atoms with Gasteiger partial charge in [-0.25, -0.2) is 0 Å². The highest BCUT2D eigenvalue weighted by Gasteiger charge is 2.16. The third-order valence-corrected chi connectivity index (χ3v) is 9.10. The summed E-state index contributed by atoms with van der Waals surface area (Å²) in [5, 5.41) is 6.51. The number of aryl methyl sites for hydroxylation is 1. The van der Waals surface area contributed by atoms with Crippen molar-refractivity contribution < 1.29 is 0 Å². The van der Waals surface area contributed by atoms with Gasteiger partial charge in [0.05, 0.1) is 6.04 Å². The van der Waals surface area contributed by atoms with E-state index in [9.17, 15) is 0 Å². The molecule has 1 atom stereocenters. The van der Waals surface area contributed by atoms with Crippen LogP contribution in [0.2, 0.25) is 0 Å². The summed E-state index contributed by atoms with van der Waals surface area (Å²) >= 11 is 0. The van der Waals surface area contributed by atoms with Crippen molar-refractivity contribution in [1.29, 1.82) is 0 Å². The summed E-state index contributed by atoms with van der Waals surface area (Å²) in [6.45, 7) is 4.49. The molecule has 1 unspecified atom stereocenters. The molecule has 224 valence electrons. The Hall–Kier alpha value is -5.40. The summed E-state index contributed by atoms with van der Waals surface area (Å²) in [5.74, 6) is 0.318. The molecule has 0 aliphatic heterocycles. The normalized spacial score (nSPS) is 14.5. The van der Waals surface area contributed by atoms with Gasteiger partial charge in [-0.2, -0.15) is 0 Å². The molecule has 0 bridgehead atoms. The van der Waals surface area contributed by atoms with Gasteiger partial charge in [-0.05, 0) is 98.3 Å². The molecule has 1 aliphatic rings. The van der Waals surface area contributed by atoms with Crippen molar-refractivity contribution in [1.82, 2.24) is 5.32 Å². The number of benzene rings is 6. The van der Waals surface area contributed by atoms with Gasteiger partial charge in [0, 0.05) is 5.70 Å². The van der Waals surface area contributed by atoms with Gasteiger partial charge >= 0.3 is 0 Å². The second-order valence-corrected chi connectivity index (χ2v) is 12.4. The first-order valence-electron chi connectivity index (χ1n) is 16.3. The lowest BCUT2D eigenvalue weighted by Crippen LogP contribution is -2.21. The van der Waals surface area contributed by atoms with E-state index in [2.05, 4.69) is 189 Å². The fraction of sp³-hybridized carbons (Fsp3) is 0.111. The molecular weight excluding hydrogens is 555 g/mol. The maximum absolute atomic E-state index is 3.87. The van der Waals surface area contributed by atoms with Crippen LogP contribution >= 0.6 is 0 Å². The van der Waals surface area contributed by atoms with Gasteiger partial charge in [0.25, 0.3) is 0 Å². The first-order valence-corrected chi connectivity index (χ1v) is 16.3. The number of rotatable bonds is 8. The molecule has 0 saturated heterocycles. The topological polar surface area (TPSA) is 12.0 Å². The predicted octanol–water partition coefficient (Wildman–Crippen LogP) is 11.3. The molecular formula is C45H39N. The van der Waals surface area contributed by atoms with Crippen LogP contribution in [0.1, 0.15) is 46.3 Å². The molecule has 0 spiro atoms. The Balaban J connectivity index is 1.14. The van der Waals surface area contributed by atoms with Crippen LogP contribution in [0.25, 0.3) is 27.5 Å². The number of hydrogen-bond donors (Lipinski definition) is 1. The molecule has 0 saturated carbocycles. The summed E-state index contributed by atoms with van der Waals surface area (Å²) in [6.07, 6.45) is 10.1. The lowest BCUT2D eigenvalue weighted by Gasteiger charge is -2.22. The molecule has 1 heteroatoms. The fourth-order valence-electron chi connectivity index (χ4n) is 6.52. The maximum Gasteiger partial charge on any atom is 0.0767 e. The summed E-state index contributed by atoms with van der Waals surface area (Å²) < 4.78 is 0. The molecule has 1 nitrogen and oxygen atoms in total. The zero-order valence-electron chi connectivity index (χ0n) is 26.5. The van der Waals surface area contributed by atoms with Crippen LogP contribution in [0.4, 0.5) is 0 Å². The minimum absolute atomic E-state index is 0.0520. The lowest BCUT2D eigenvalue weighted by atomic mass is 9.93. The van der Waals surface area contributed by atoms with Crippen molar-refractivity contribution >= 4 is 16.3 Å². The van der Waals surface area contributed by atoms with Crippen LogP contribution in [-0.4, -0.2) is 0 Å². The predicted molar refractivity (Wildman–Crippen MR) is 196 cm³/mol. The Morgan fingerprint density at radius 1 is 0.630 bits per heavy atom. The van der Waals surface area contributed by atoms with Gasteiger partial charge in [-0.15, -0.1) is 0 Å². The molecule has 0 amide bonds. The minimum atomic E-state index is 0.0520. The first-order chi connectivity index (χ1) is 22.6. The van der Waals surface area contributed by atoms with Crippen molar-refractivity contribution in [2.75, 3.05) is 0 Å². The highest BCUT2D eigenvalue weighted by Crippen LogP contribution is 2.31. The van der Waals surface area contributed by atoms with Crippen LogP contribution in [0.3, 0.4) is 0 Å². The Morgan fingerprint density at radius 3 is 2.04 bits per heavy atom. The second-order valence-electron chi connectivity index (χ2n) is 12.4. The van der Waals surface area contributed by atoms with Crippen molar-refractivity contribution in [3.05, 3.63) is 209 Å². The largest absolute Gasteiger partial charge is 0.374 e. The van der Waals surface area contributed by atoms with Crippen LogP contribution in [0.5, 0.6) is 0 Å². The zero-order valence-corrected chi connectivity index (χ0v) is 26.5. The van der Waals surface area contributed by atoms with Crippen LogP contribution in [0.15, 0.2) is 176 Å². The summed E-state index contributed by atoms with van der Waals surface area (Å²) in [4.78, 5) is 0. The molecule has 0 fully saturated rings. The maximum atomic E-state index is 3.87. The summed E-state index contributed by atoms with van der Waals surface area (Å²) in [7, 11) is 0. The van der Waals surface area contributed by atoms with Gasteiger partial charge in [0.2, 0.25) is 0 Å². The van der Waals surface area contributed by atoms with E-state index in [0.29, 0.717) is 5.92 Å². The Morgan fingerprint density at radius 2 is 1.30 bits per heavy atom. The molecule has 46 heavy (non-hydrogen) atoms. The molecule has 6 aromatic rings. The lowest BCUT2D eigenvalue weighted by molar-refractivity contribution is 0.705. The smallest absolute Gasteiger partial charge is 0.0767 e. The summed E-state index contributed by atoms with van der Waals surface area (Å²) in [5.41, 5.74) is 12.6. The first kappa shape index (κ1) is 29.3. The van der Waals surface area contributed by atoms with E-state index in [4.69, 9.17) is 0 Å². The van der Waals surface area contributed by atoms with E-state index < -0.39 is 0 Å². The molecule has 7 rings (SSSR count). The van der Waals surface area contributed by atoms with Crippen molar-refractivity contribution in [2.45, 2.75) is 26.3 Å². The Kier molecular flexibility index (Phi) is 8.48. The fourth-order valence-corrected chi connectivity index (χ4v) is 6.52. The van der Waals surface area contributed by atoms with Gasteiger partial charge in [-0.1, -0.05) is 159 Å². The third kappa shape index (κ3) is 6.50. The van der Waals surface area contributed by atoms with Crippen molar-refractivity contribution in [2.24, 2.45) is 5.92 Å². The molecule has 1 N–H and O–H groups in total. The number of allylic oxidation sites excluding steroid dienone is 5.